The quantitative estimate of drug-likeness (QED) is 0.829. The van der Waals surface area contributed by atoms with Crippen LogP contribution in [0.2, 0.25) is 0 Å². The third-order valence-corrected chi connectivity index (χ3v) is 4.47. The van der Waals surface area contributed by atoms with Crippen molar-refractivity contribution in [2.45, 2.75) is 37.4 Å². The average molecular weight is 285 g/mol. The van der Waals surface area contributed by atoms with Crippen LogP contribution in [0.25, 0.3) is 11.0 Å². The predicted octanol–water partition coefficient (Wildman–Crippen LogP) is 1.26. The summed E-state index contributed by atoms with van der Waals surface area (Å²) in [7, 11) is 0. The molecule has 21 heavy (non-hydrogen) atoms. The van der Waals surface area contributed by atoms with Crippen molar-refractivity contribution in [3.05, 3.63) is 29.8 Å². The van der Waals surface area contributed by atoms with Crippen molar-refractivity contribution in [1.29, 1.82) is 0 Å². The van der Waals surface area contributed by atoms with E-state index in [4.69, 9.17) is 4.42 Å². The molecule has 0 radical (unpaired) electrons. The van der Waals surface area contributed by atoms with Gasteiger partial charge in [0.25, 0.3) is 5.91 Å². The average Bonchev–Trinajstić information content (AvgIpc) is 3.21. The van der Waals surface area contributed by atoms with Crippen LogP contribution in [0.3, 0.4) is 0 Å². The third kappa shape index (κ3) is 2.03. The summed E-state index contributed by atoms with van der Waals surface area (Å²) in [5, 5.41) is 7.14. The lowest BCUT2D eigenvalue weighted by Crippen LogP contribution is -2.43. The van der Waals surface area contributed by atoms with E-state index in [0.29, 0.717) is 40.6 Å². The largest absolute Gasteiger partial charge is 0.462 e. The Bertz CT molecular complexity index is 724. The van der Waals surface area contributed by atoms with Gasteiger partial charge in [-0.2, -0.15) is 0 Å². The maximum atomic E-state index is 12.3. The second-order valence-electron chi connectivity index (χ2n) is 5.74. The minimum absolute atomic E-state index is 0.170. The van der Waals surface area contributed by atoms with E-state index in [-0.39, 0.29) is 11.9 Å². The van der Waals surface area contributed by atoms with E-state index in [0.717, 1.165) is 12.8 Å². The van der Waals surface area contributed by atoms with Crippen molar-refractivity contribution in [3.8, 4) is 0 Å². The number of rotatable bonds is 3. The molecular weight excluding hydrogens is 270 g/mol. The molecule has 4 rings (SSSR count). The van der Waals surface area contributed by atoms with Crippen LogP contribution in [0, 0.1) is 0 Å². The topological polar surface area (TPSA) is 84.2 Å². The first kappa shape index (κ1) is 12.5. The minimum atomic E-state index is -0.200. The van der Waals surface area contributed by atoms with Crippen LogP contribution in [0.5, 0.6) is 0 Å². The van der Waals surface area contributed by atoms with Gasteiger partial charge in [-0.1, -0.05) is 0 Å². The highest BCUT2D eigenvalue weighted by atomic mass is 16.3. The van der Waals surface area contributed by atoms with Crippen molar-refractivity contribution in [3.63, 3.8) is 0 Å². The second kappa shape index (κ2) is 4.66. The molecule has 2 N–H and O–H groups in total. The summed E-state index contributed by atoms with van der Waals surface area (Å²) < 4.78 is 5.21. The maximum absolute atomic E-state index is 12.3. The van der Waals surface area contributed by atoms with Gasteiger partial charge in [0.15, 0.2) is 11.9 Å². The lowest BCUT2D eigenvalue weighted by atomic mass is 9.95. The first-order chi connectivity index (χ1) is 10.2. The van der Waals surface area contributed by atoms with E-state index in [1.54, 1.807) is 6.07 Å². The summed E-state index contributed by atoms with van der Waals surface area (Å²) in [4.78, 5) is 27.4. The van der Waals surface area contributed by atoms with Gasteiger partial charge in [-0.3, -0.25) is 9.59 Å². The van der Waals surface area contributed by atoms with Gasteiger partial charge in [0.05, 0.1) is 11.8 Å². The highest BCUT2D eigenvalue weighted by Crippen LogP contribution is 2.28. The van der Waals surface area contributed by atoms with E-state index in [1.807, 2.05) is 0 Å². The second-order valence-corrected chi connectivity index (χ2v) is 5.74. The van der Waals surface area contributed by atoms with Crippen molar-refractivity contribution >= 4 is 23.2 Å². The smallest absolute Gasteiger partial charge is 0.270 e. The molecule has 0 aromatic carbocycles. The summed E-state index contributed by atoms with van der Waals surface area (Å²) in [5.74, 6) is -0.200. The zero-order valence-electron chi connectivity index (χ0n) is 11.3. The Hall–Kier alpha value is -2.21. The molecule has 2 bridgehead atoms. The number of amides is 1. The predicted molar refractivity (Wildman–Crippen MR) is 75.2 cm³/mol. The van der Waals surface area contributed by atoms with E-state index in [1.165, 1.54) is 18.9 Å². The Kier molecular flexibility index (Phi) is 2.78. The number of hydrogen-bond donors (Lipinski definition) is 2. The van der Waals surface area contributed by atoms with Crippen molar-refractivity contribution in [2.24, 2.45) is 0 Å². The molecule has 0 saturated carbocycles. The maximum Gasteiger partial charge on any atom is 0.270 e. The fraction of sp³-hybridized carbons (Fsp3) is 0.400. The highest BCUT2D eigenvalue weighted by Gasteiger charge is 2.39. The number of fused-ring (bicyclic) bond motifs is 3. The summed E-state index contributed by atoms with van der Waals surface area (Å²) in [5.41, 5.74) is 1.26. The first-order valence-electron chi connectivity index (χ1n) is 7.14. The summed E-state index contributed by atoms with van der Waals surface area (Å²) >= 11 is 0. The zero-order chi connectivity index (χ0) is 14.4. The summed E-state index contributed by atoms with van der Waals surface area (Å²) in [6.07, 6.45) is 6.85. The first-order valence-corrected chi connectivity index (χ1v) is 7.14. The molecule has 3 atom stereocenters. The van der Waals surface area contributed by atoms with Gasteiger partial charge in [0.2, 0.25) is 0 Å². The molecule has 2 aromatic rings. The van der Waals surface area contributed by atoms with E-state index < -0.39 is 0 Å². The number of hydrogen-bond acceptors (Lipinski definition) is 5. The van der Waals surface area contributed by atoms with Crippen LogP contribution < -0.4 is 10.6 Å². The number of aromatic nitrogens is 1. The van der Waals surface area contributed by atoms with Gasteiger partial charge >= 0.3 is 0 Å². The van der Waals surface area contributed by atoms with Gasteiger partial charge < -0.3 is 15.1 Å². The van der Waals surface area contributed by atoms with Crippen LogP contribution >= 0.6 is 0 Å². The molecule has 2 aliphatic heterocycles. The molecule has 2 fully saturated rings. The van der Waals surface area contributed by atoms with Crippen LogP contribution in [0.4, 0.5) is 0 Å². The van der Waals surface area contributed by atoms with Crippen molar-refractivity contribution in [2.75, 3.05) is 0 Å². The Labute approximate surface area is 120 Å². The number of pyridine rings is 1. The number of carbonyl (C=O) groups excluding carboxylic acids is 2. The monoisotopic (exact) mass is 285 g/mol. The molecule has 2 saturated heterocycles. The van der Waals surface area contributed by atoms with Gasteiger partial charge in [0.1, 0.15) is 12.0 Å². The molecule has 0 spiro atoms. The molecule has 2 aliphatic rings. The van der Waals surface area contributed by atoms with Crippen molar-refractivity contribution < 1.29 is 14.0 Å². The van der Waals surface area contributed by atoms with E-state index in [2.05, 4.69) is 15.6 Å². The molecule has 4 heterocycles. The summed E-state index contributed by atoms with van der Waals surface area (Å²) in [6.45, 7) is 0. The van der Waals surface area contributed by atoms with Gasteiger partial charge in [-0.15, -0.1) is 0 Å². The fourth-order valence-electron chi connectivity index (χ4n) is 3.39. The highest BCUT2D eigenvalue weighted by molar-refractivity contribution is 6.00. The number of nitrogens with one attached hydrogen (secondary N) is 2. The lowest BCUT2D eigenvalue weighted by molar-refractivity contribution is 0.0925. The van der Waals surface area contributed by atoms with Crippen LogP contribution in [0.15, 0.2) is 22.9 Å². The fourth-order valence-corrected chi connectivity index (χ4v) is 3.39. The van der Waals surface area contributed by atoms with Crippen LogP contribution in [-0.4, -0.2) is 35.3 Å². The SMILES string of the molecule is O=Cc1coc2cnc(C(=O)N[C@@H]3C[C@H]4CC[C@@H]3N4)cc12. The molecule has 2 aromatic heterocycles. The molecule has 6 heteroatoms. The Morgan fingerprint density at radius 3 is 3.10 bits per heavy atom. The molecule has 6 nitrogen and oxygen atoms in total. The number of nitrogens with zero attached hydrogens (tertiary/aromatic N) is 1. The number of aldehydes is 1. The molecule has 1 amide bonds. The van der Waals surface area contributed by atoms with E-state index in [9.17, 15) is 9.59 Å². The molecule has 0 aliphatic carbocycles. The Morgan fingerprint density at radius 1 is 1.48 bits per heavy atom. The van der Waals surface area contributed by atoms with E-state index >= 15 is 0 Å². The number of furan rings is 1. The van der Waals surface area contributed by atoms with Crippen LogP contribution in [-0.2, 0) is 0 Å². The molecule has 108 valence electrons. The Balaban J connectivity index is 1.57. The number of carbonyl (C=O) groups is 2. The third-order valence-electron chi connectivity index (χ3n) is 4.47. The standard InChI is InChI=1S/C15H15N3O3/c19-6-8-7-21-14-5-16-13(4-10(8)14)15(20)18-12-3-9-1-2-11(12)17-9/h4-7,9,11-12,17H,1-3H2,(H,18,20)/t9-,11+,12-/m1/s1. The Morgan fingerprint density at radius 2 is 2.38 bits per heavy atom. The lowest BCUT2D eigenvalue weighted by Gasteiger charge is -2.21. The minimum Gasteiger partial charge on any atom is -0.462 e. The van der Waals surface area contributed by atoms with Gasteiger partial charge in [-0.25, -0.2) is 4.98 Å². The molecular formula is C15H15N3O3. The molecule has 0 unspecified atom stereocenters. The van der Waals surface area contributed by atoms with Gasteiger partial charge in [-0.05, 0) is 25.3 Å². The summed E-state index contributed by atoms with van der Waals surface area (Å²) in [6, 6.07) is 2.69. The van der Waals surface area contributed by atoms with Crippen molar-refractivity contribution in [1.82, 2.24) is 15.6 Å². The van der Waals surface area contributed by atoms with Gasteiger partial charge in [0, 0.05) is 23.5 Å². The zero-order valence-corrected chi connectivity index (χ0v) is 11.3. The normalized spacial score (nSPS) is 27.1. The van der Waals surface area contributed by atoms with Crippen LogP contribution in [0.1, 0.15) is 40.1 Å².